The molecule has 1 aromatic rings. The SMILES string of the molecule is CC(N)C1CN(Cc2ccc(I)cc2)CCO1. The first-order chi connectivity index (χ1) is 8.15. The van der Waals surface area contributed by atoms with Crippen LogP contribution in [0.1, 0.15) is 12.5 Å². The third kappa shape index (κ3) is 3.91. The summed E-state index contributed by atoms with van der Waals surface area (Å²) in [5.41, 5.74) is 7.25. The quantitative estimate of drug-likeness (QED) is 0.849. The van der Waals surface area contributed by atoms with Gasteiger partial charge in [0.25, 0.3) is 0 Å². The lowest BCUT2D eigenvalue weighted by Gasteiger charge is -2.34. The maximum absolute atomic E-state index is 5.89. The molecule has 2 unspecified atom stereocenters. The summed E-state index contributed by atoms with van der Waals surface area (Å²) in [4.78, 5) is 2.42. The molecule has 1 fully saturated rings. The van der Waals surface area contributed by atoms with Crippen LogP contribution in [0.25, 0.3) is 0 Å². The fourth-order valence-corrected chi connectivity index (χ4v) is 2.40. The van der Waals surface area contributed by atoms with Crippen LogP contribution >= 0.6 is 22.6 Å². The van der Waals surface area contributed by atoms with E-state index in [9.17, 15) is 0 Å². The molecule has 0 aromatic heterocycles. The molecule has 1 aromatic carbocycles. The van der Waals surface area contributed by atoms with Gasteiger partial charge in [-0.2, -0.15) is 0 Å². The van der Waals surface area contributed by atoms with Gasteiger partial charge in [-0.3, -0.25) is 4.90 Å². The molecule has 2 N–H and O–H groups in total. The van der Waals surface area contributed by atoms with Crippen molar-refractivity contribution in [2.75, 3.05) is 19.7 Å². The summed E-state index contributed by atoms with van der Waals surface area (Å²) in [5.74, 6) is 0. The number of halogens is 1. The lowest BCUT2D eigenvalue weighted by molar-refractivity contribution is -0.0403. The van der Waals surface area contributed by atoms with E-state index in [0.29, 0.717) is 0 Å². The first-order valence-electron chi connectivity index (χ1n) is 5.99. The largest absolute Gasteiger partial charge is 0.374 e. The van der Waals surface area contributed by atoms with Gasteiger partial charge in [0.1, 0.15) is 0 Å². The van der Waals surface area contributed by atoms with Crippen molar-refractivity contribution in [2.24, 2.45) is 5.73 Å². The van der Waals surface area contributed by atoms with Crippen LogP contribution in [-0.2, 0) is 11.3 Å². The summed E-state index contributed by atoms with van der Waals surface area (Å²) in [7, 11) is 0. The van der Waals surface area contributed by atoms with Gasteiger partial charge in [0, 0.05) is 29.2 Å². The van der Waals surface area contributed by atoms with Gasteiger partial charge in [-0.1, -0.05) is 12.1 Å². The number of ether oxygens (including phenoxy) is 1. The molecule has 1 saturated heterocycles. The smallest absolute Gasteiger partial charge is 0.0850 e. The molecule has 17 heavy (non-hydrogen) atoms. The molecule has 0 spiro atoms. The van der Waals surface area contributed by atoms with Gasteiger partial charge in [0.15, 0.2) is 0 Å². The Labute approximate surface area is 116 Å². The molecule has 2 atom stereocenters. The van der Waals surface area contributed by atoms with E-state index in [2.05, 4.69) is 51.8 Å². The Bertz CT molecular complexity index is 353. The Hall–Kier alpha value is -0.170. The van der Waals surface area contributed by atoms with Gasteiger partial charge in [-0.15, -0.1) is 0 Å². The minimum atomic E-state index is 0.106. The minimum absolute atomic E-state index is 0.106. The van der Waals surface area contributed by atoms with Crippen molar-refractivity contribution < 1.29 is 4.74 Å². The molecule has 1 aliphatic heterocycles. The van der Waals surface area contributed by atoms with E-state index in [0.717, 1.165) is 26.2 Å². The number of hydrogen-bond acceptors (Lipinski definition) is 3. The van der Waals surface area contributed by atoms with E-state index in [4.69, 9.17) is 10.5 Å². The van der Waals surface area contributed by atoms with Crippen LogP contribution < -0.4 is 5.73 Å². The molecule has 0 amide bonds. The molecule has 1 heterocycles. The average Bonchev–Trinajstić information content (AvgIpc) is 2.32. The first kappa shape index (κ1) is 13.3. The topological polar surface area (TPSA) is 38.5 Å². The first-order valence-corrected chi connectivity index (χ1v) is 7.07. The molecule has 4 heteroatoms. The van der Waals surface area contributed by atoms with E-state index in [1.54, 1.807) is 0 Å². The zero-order valence-corrected chi connectivity index (χ0v) is 12.3. The van der Waals surface area contributed by atoms with Gasteiger partial charge in [0.2, 0.25) is 0 Å². The minimum Gasteiger partial charge on any atom is -0.374 e. The number of rotatable bonds is 3. The van der Waals surface area contributed by atoms with Crippen molar-refractivity contribution in [1.29, 1.82) is 0 Å². The number of nitrogens with zero attached hydrogens (tertiary/aromatic N) is 1. The van der Waals surface area contributed by atoms with Crippen LogP contribution in [0.2, 0.25) is 0 Å². The second-order valence-electron chi connectivity index (χ2n) is 4.63. The Morgan fingerprint density at radius 2 is 2.18 bits per heavy atom. The Balaban J connectivity index is 1.92. The summed E-state index contributed by atoms with van der Waals surface area (Å²) < 4.78 is 6.94. The van der Waals surface area contributed by atoms with Gasteiger partial charge < -0.3 is 10.5 Å². The van der Waals surface area contributed by atoms with E-state index >= 15 is 0 Å². The Kier molecular flexibility index (Phi) is 4.78. The summed E-state index contributed by atoms with van der Waals surface area (Å²) in [6.07, 6.45) is 0.174. The average molecular weight is 346 g/mol. The molecule has 3 nitrogen and oxygen atoms in total. The van der Waals surface area contributed by atoms with E-state index in [1.807, 2.05) is 6.92 Å². The molecule has 1 aliphatic rings. The number of benzene rings is 1. The Morgan fingerprint density at radius 1 is 1.47 bits per heavy atom. The summed E-state index contributed by atoms with van der Waals surface area (Å²) >= 11 is 2.33. The summed E-state index contributed by atoms with van der Waals surface area (Å²) in [6, 6.07) is 8.80. The summed E-state index contributed by atoms with van der Waals surface area (Å²) in [5, 5.41) is 0. The standard InChI is InChI=1S/C13H19IN2O/c1-10(15)13-9-16(6-7-17-13)8-11-2-4-12(14)5-3-11/h2-5,10,13H,6-9,15H2,1H3. The normalized spacial score (nSPS) is 23.6. The van der Waals surface area contributed by atoms with Crippen molar-refractivity contribution in [3.05, 3.63) is 33.4 Å². The fraction of sp³-hybridized carbons (Fsp3) is 0.538. The molecule has 0 saturated carbocycles. The third-order valence-corrected chi connectivity index (χ3v) is 3.80. The zero-order chi connectivity index (χ0) is 12.3. The highest BCUT2D eigenvalue weighted by Crippen LogP contribution is 2.13. The Morgan fingerprint density at radius 3 is 2.82 bits per heavy atom. The number of hydrogen-bond donors (Lipinski definition) is 1. The maximum Gasteiger partial charge on any atom is 0.0850 e. The predicted octanol–water partition coefficient (Wildman–Crippen LogP) is 1.84. The molecular weight excluding hydrogens is 327 g/mol. The molecular formula is C13H19IN2O. The molecule has 0 aliphatic carbocycles. The van der Waals surface area contributed by atoms with Crippen molar-refractivity contribution >= 4 is 22.6 Å². The second kappa shape index (κ2) is 6.13. The van der Waals surface area contributed by atoms with Crippen molar-refractivity contribution in [1.82, 2.24) is 4.90 Å². The van der Waals surface area contributed by atoms with Crippen molar-refractivity contribution in [3.63, 3.8) is 0 Å². The third-order valence-electron chi connectivity index (χ3n) is 3.08. The van der Waals surface area contributed by atoms with Crippen LogP contribution in [0.4, 0.5) is 0 Å². The summed E-state index contributed by atoms with van der Waals surface area (Å²) in [6.45, 7) is 5.72. The van der Waals surface area contributed by atoms with Gasteiger partial charge in [-0.25, -0.2) is 0 Å². The second-order valence-corrected chi connectivity index (χ2v) is 5.88. The van der Waals surface area contributed by atoms with Crippen LogP contribution in [0.5, 0.6) is 0 Å². The van der Waals surface area contributed by atoms with Gasteiger partial charge in [-0.05, 0) is 47.2 Å². The molecule has 94 valence electrons. The lowest BCUT2D eigenvalue weighted by atomic mass is 10.1. The number of nitrogens with two attached hydrogens (primary N) is 1. The monoisotopic (exact) mass is 346 g/mol. The van der Waals surface area contributed by atoms with E-state index < -0.39 is 0 Å². The fourth-order valence-electron chi connectivity index (χ4n) is 2.04. The van der Waals surface area contributed by atoms with Crippen LogP contribution in [-0.4, -0.2) is 36.7 Å². The van der Waals surface area contributed by atoms with Crippen molar-refractivity contribution in [3.8, 4) is 0 Å². The highest BCUT2D eigenvalue weighted by Gasteiger charge is 2.23. The van der Waals surface area contributed by atoms with Crippen LogP contribution in [0.3, 0.4) is 0 Å². The van der Waals surface area contributed by atoms with Gasteiger partial charge >= 0.3 is 0 Å². The van der Waals surface area contributed by atoms with Crippen molar-refractivity contribution in [2.45, 2.75) is 25.6 Å². The van der Waals surface area contributed by atoms with Crippen LogP contribution in [0.15, 0.2) is 24.3 Å². The van der Waals surface area contributed by atoms with E-state index in [1.165, 1.54) is 9.13 Å². The van der Waals surface area contributed by atoms with Crippen LogP contribution in [0, 0.1) is 3.57 Å². The molecule has 0 radical (unpaired) electrons. The van der Waals surface area contributed by atoms with E-state index in [-0.39, 0.29) is 12.1 Å². The number of morpholine rings is 1. The molecule has 0 bridgehead atoms. The zero-order valence-electron chi connectivity index (χ0n) is 10.1. The maximum atomic E-state index is 5.89. The lowest BCUT2D eigenvalue weighted by Crippen LogP contribution is -2.49. The highest BCUT2D eigenvalue weighted by atomic mass is 127. The highest BCUT2D eigenvalue weighted by molar-refractivity contribution is 14.1. The van der Waals surface area contributed by atoms with Gasteiger partial charge in [0.05, 0.1) is 12.7 Å². The molecule has 2 rings (SSSR count). The predicted molar refractivity (Wildman–Crippen MR) is 77.8 cm³/mol.